The van der Waals surface area contributed by atoms with Gasteiger partial charge in [0.1, 0.15) is 6.10 Å². The standard InChI is InChI=1S/C16H24N2O2.C2HF3O2.H2O/c1-9-10(2)17-11(3)15(9)16(19)20-14-7-12-5-6-13(8-14)18(12)4;3-2(4,5)1(6)7;/h12-14,17H,5-8H2,1-4H3;(H,6,7);1H2/t12-,13+,14?;;. The van der Waals surface area contributed by atoms with Crippen LogP contribution in [0, 0.1) is 20.8 Å². The van der Waals surface area contributed by atoms with E-state index in [0.717, 1.165) is 35.4 Å². The molecule has 0 saturated carbocycles. The molecule has 1 aromatic rings. The van der Waals surface area contributed by atoms with Crippen molar-refractivity contribution in [2.24, 2.45) is 0 Å². The predicted molar refractivity (Wildman–Crippen MR) is 95.3 cm³/mol. The van der Waals surface area contributed by atoms with Gasteiger partial charge >= 0.3 is 18.1 Å². The number of nitrogens with zero attached hydrogens (tertiary/aromatic N) is 1. The number of esters is 1. The lowest BCUT2D eigenvalue weighted by Crippen LogP contribution is -2.43. The number of H-pyrrole nitrogens is 1. The summed E-state index contributed by atoms with van der Waals surface area (Å²) < 4.78 is 37.5. The number of hydrogen-bond acceptors (Lipinski definition) is 4. The molecule has 2 aliphatic heterocycles. The summed E-state index contributed by atoms with van der Waals surface area (Å²) in [5.41, 5.74) is 3.72. The molecule has 1 unspecified atom stereocenters. The van der Waals surface area contributed by atoms with Gasteiger partial charge < -0.3 is 25.2 Å². The predicted octanol–water partition coefficient (Wildman–Crippen LogP) is 2.53. The highest BCUT2D eigenvalue weighted by atomic mass is 19.4. The van der Waals surface area contributed by atoms with Gasteiger partial charge in [-0.15, -0.1) is 0 Å². The molecule has 3 rings (SSSR count). The average molecular weight is 408 g/mol. The van der Waals surface area contributed by atoms with Gasteiger partial charge in [0.25, 0.3) is 0 Å². The van der Waals surface area contributed by atoms with Crippen LogP contribution < -0.4 is 0 Å². The number of rotatable bonds is 2. The smallest absolute Gasteiger partial charge is 0.475 e. The van der Waals surface area contributed by atoms with Crippen molar-refractivity contribution in [3.63, 3.8) is 0 Å². The number of aryl methyl sites for hydroxylation is 2. The van der Waals surface area contributed by atoms with Gasteiger partial charge in [-0.25, -0.2) is 9.59 Å². The van der Waals surface area contributed by atoms with Crippen LogP contribution in [0.3, 0.4) is 0 Å². The average Bonchev–Trinajstić information content (AvgIpc) is 2.90. The third-order valence-corrected chi connectivity index (χ3v) is 5.46. The summed E-state index contributed by atoms with van der Waals surface area (Å²) in [7, 11) is 2.20. The van der Waals surface area contributed by atoms with E-state index in [9.17, 15) is 18.0 Å². The number of fused-ring (bicyclic) bond motifs is 2. The summed E-state index contributed by atoms with van der Waals surface area (Å²) in [4.78, 5) is 27.0. The number of nitrogens with one attached hydrogen (secondary N) is 1. The summed E-state index contributed by atoms with van der Waals surface area (Å²) in [6, 6.07) is 1.20. The second-order valence-electron chi connectivity index (χ2n) is 7.23. The zero-order chi connectivity index (χ0) is 20.5. The number of carboxylic acid groups (broad SMARTS) is 1. The maximum Gasteiger partial charge on any atom is 0.490 e. The Bertz CT molecular complexity index is 703. The molecule has 10 heteroatoms. The minimum atomic E-state index is -5.08. The third kappa shape index (κ3) is 5.26. The number of ether oxygens (including phenoxy) is 1. The number of halogens is 3. The summed E-state index contributed by atoms with van der Waals surface area (Å²) in [6.07, 6.45) is -0.529. The maximum atomic E-state index is 12.4. The molecular weight excluding hydrogens is 381 g/mol. The fourth-order valence-corrected chi connectivity index (χ4v) is 3.88. The van der Waals surface area contributed by atoms with Gasteiger partial charge in [-0.05, 0) is 46.2 Å². The highest BCUT2D eigenvalue weighted by Crippen LogP contribution is 2.36. The number of aliphatic carboxylic acids is 1. The van der Waals surface area contributed by atoms with Gasteiger partial charge in [-0.2, -0.15) is 13.2 Å². The van der Waals surface area contributed by atoms with E-state index in [0.29, 0.717) is 12.1 Å². The Kier molecular flexibility index (Phi) is 7.66. The normalized spacial score (nSPS) is 24.0. The Morgan fingerprint density at radius 3 is 1.93 bits per heavy atom. The molecule has 0 amide bonds. The van der Waals surface area contributed by atoms with Crippen LogP contribution in [-0.2, 0) is 9.53 Å². The van der Waals surface area contributed by atoms with Crippen molar-refractivity contribution >= 4 is 11.9 Å². The molecule has 1 aromatic heterocycles. The number of alkyl halides is 3. The largest absolute Gasteiger partial charge is 0.490 e. The fourth-order valence-electron chi connectivity index (χ4n) is 3.88. The maximum absolute atomic E-state index is 12.4. The molecule has 160 valence electrons. The second kappa shape index (κ2) is 8.95. The first-order valence-electron chi connectivity index (χ1n) is 8.80. The first-order chi connectivity index (χ1) is 12.4. The summed E-state index contributed by atoms with van der Waals surface area (Å²) in [5.74, 6) is -2.91. The monoisotopic (exact) mass is 408 g/mol. The summed E-state index contributed by atoms with van der Waals surface area (Å²) >= 11 is 0. The van der Waals surface area contributed by atoms with E-state index in [1.165, 1.54) is 12.8 Å². The van der Waals surface area contributed by atoms with Crippen molar-refractivity contribution in [2.75, 3.05) is 7.05 Å². The summed E-state index contributed by atoms with van der Waals surface area (Å²) in [6.45, 7) is 5.91. The SMILES string of the molecule is Cc1[nH]c(C)c(C(=O)OC2C[C@H]3CC[C@@H](C2)N3C)c1C.O.O=C(O)C(F)(F)F. The number of carboxylic acids is 1. The molecule has 0 aliphatic carbocycles. The molecule has 2 bridgehead atoms. The van der Waals surface area contributed by atoms with Gasteiger partial charge in [0.15, 0.2) is 0 Å². The number of piperidine rings is 1. The molecule has 7 nitrogen and oxygen atoms in total. The highest BCUT2D eigenvalue weighted by molar-refractivity contribution is 5.93. The van der Waals surface area contributed by atoms with E-state index in [2.05, 4.69) is 16.9 Å². The fraction of sp³-hybridized carbons (Fsp3) is 0.667. The van der Waals surface area contributed by atoms with Crippen molar-refractivity contribution in [3.05, 3.63) is 22.5 Å². The first kappa shape index (κ1) is 24.0. The van der Waals surface area contributed by atoms with Gasteiger partial charge in [0, 0.05) is 36.3 Å². The van der Waals surface area contributed by atoms with E-state index in [1.54, 1.807) is 0 Å². The van der Waals surface area contributed by atoms with Gasteiger partial charge in [-0.3, -0.25) is 0 Å². The van der Waals surface area contributed by atoms with Crippen molar-refractivity contribution in [1.29, 1.82) is 0 Å². The Morgan fingerprint density at radius 2 is 1.57 bits per heavy atom. The zero-order valence-electron chi connectivity index (χ0n) is 16.3. The molecule has 0 aromatic carbocycles. The highest BCUT2D eigenvalue weighted by Gasteiger charge is 2.40. The van der Waals surface area contributed by atoms with Crippen LogP contribution in [-0.4, -0.2) is 63.8 Å². The van der Waals surface area contributed by atoms with Crippen LogP contribution in [0.4, 0.5) is 13.2 Å². The molecule has 2 saturated heterocycles. The second-order valence-corrected chi connectivity index (χ2v) is 7.23. The molecule has 28 heavy (non-hydrogen) atoms. The number of hydrogen-bond donors (Lipinski definition) is 2. The number of carbonyl (C=O) groups excluding carboxylic acids is 1. The van der Waals surface area contributed by atoms with Crippen molar-refractivity contribution in [3.8, 4) is 0 Å². The van der Waals surface area contributed by atoms with Crippen LogP contribution in [0.15, 0.2) is 0 Å². The summed E-state index contributed by atoms with van der Waals surface area (Å²) in [5, 5.41) is 7.12. The minimum Gasteiger partial charge on any atom is -0.475 e. The Labute approximate surface area is 161 Å². The number of carbonyl (C=O) groups is 2. The molecule has 0 spiro atoms. The molecule has 3 atom stereocenters. The van der Waals surface area contributed by atoms with E-state index < -0.39 is 12.1 Å². The molecule has 2 fully saturated rings. The molecular formula is C18H27F3N2O5. The van der Waals surface area contributed by atoms with Crippen LogP contribution >= 0.6 is 0 Å². The van der Waals surface area contributed by atoms with Crippen LogP contribution in [0.5, 0.6) is 0 Å². The van der Waals surface area contributed by atoms with E-state index >= 15 is 0 Å². The van der Waals surface area contributed by atoms with Gasteiger partial charge in [0.05, 0.1) is 5.56 Å². The number of aromatic amines is 1. The molecule has 2 aliphatic rings. The molecule has 4 N–H and O–H groups in total. The minimum absolute atomic E-state index is 0. The zero-order valence-corrected chi connectivity index (χ0v) is 16.3. The van der Waals surface area contributed by atoms with E-state index in [-0.39, 0.29) is 17.5 Å². The van der Waals surface area contributed by atoms with Crippen molar-refractivity contribution in [1.82, 2.24) is 9.88 Å². The van der Waals surface area contributed by atoms with E-state index in [4.69, 9.17) is 14.6 Å². The topological polar surface area (TPSA) is 114 Å². The third-order valence-electron chi connectivity index (χ3n) is 5.46. The van der Waals surface area contributed by atoms with Crippen LogP contribution in [0.1, 0.15) is 53.0 Å². The van der Waals surface area contributed by atoms with Gasteiger partial charge in [0.2, 0.25) is 0 Å². The quantitative estimate of drug-likeness (QED) is 0.730. The van der Waals surface area contributed by atoms with Crippen LogP contribution in [0.2, 0.25) is 0 Å². The van der Waals surface area contributed by atoms with Gasteiger partial charge in [-0.1, -0.05) is 0 Å². The Morgan fingerprint density at radius 1 is 1.11 bits per heavy atom. The lowest BCUT2D eigenvalue weighted by molar-refractivity contribution is -0.192. The Balaban J connectivity index is 0.000000425. The van der Waals surface area contributed by atoms with Crippen molar-refractivity contribution < 1.29 is 38.1 Å². The Hall–Kier alpha value is -2.07. The number of aromatic nitrogens is 1. The van der Waals surface area contributed by atoms with Crippen molar-refractivity contribution in [2.45, 2.75) is 70.8 Å². The first-order valence-corrected chi connectivity index (χ1v) is 8.80. The molecule has 0 radical (unpaired) electrons. The lowest BCUT2D eigenvalue weighted by atomic mass is 10.0. The molecule has 3 heterocycles. The lowest BCUT2D eigenvalue weighted by Gasteiger charge is -2.35. The van der Waals surface area contributed by atoms with Crippen LogP contribution in [0.25, 0.3) is 0 Å². The van der Waals surface area contributed by atoms with E-state index in [1.807, 2.05) is 20.8 Å².